The molecule has 0 aliphatic heterocycles. The van der Waals surface area contributed by atoms with E-state index in [0.29, 0.717) is 46.4 Å². The highest BCUT2D eigenvalue weighted by Gasteiger charge is 2.51. The third kappa shape index (κ3) is 7.57. The summed E-state index contributed by atoms with van der Waals surface area (Å²) in [7, 11) is -4.69. The molecule has 2 aromatic heterocycles. The summed E-state index contributed by atoms with van der Waals surface area (Å²) in [5.41, 5.74) is 2.46. The number of hydrogen-bond acceptors (Lipinski definition) is 4. The van der Waals surface area contributed by atoms with Gasteiger partial charge in [0.15, 0.2) is 0 Å². The Morgan fingerprint density at radius 2 is 1.43 bits per heavy atom. The van der Waals surface area contributed by atoms with E-state index < -0.39 is 33.6 Å². The molecule has 3 aromatic carbocycles. The number of halogens is 3. The Balaban J connectivity index is 1.71. The van der Waals surface area contributed by atoms with Gasteiger partial charge in [-0.15, -0.1) is 0 Å². The van der Waals surface area contributed by atoms with Gasteiger partial charge >= 0.3 is 13.3 Å². The fraction of sp³-hybridized carbons (Fsp3) is 0.359. The molecule has 0 amide bonds. The van der Waals surface area contributed by atoms with Crippen LogP contribution in [0.15, 0.2) is 97.2 Å². The maximum Gasteiger partial charge on any atom is 0.488 e. The third-order valence-electron chi connectivity index (χ3n) is 9.22. The van der Waals surface area contributed by atoms with Crippen molar-refractivity contribution in [2.75, 3.05) is 6.61 Å². The van der Waals surface area contributed by atoms with Crippen LogP contribution in [0.25, 0.3) is 22.2 Å². The minimum atomic E-state index is -4.50. The van der Waals surface area contributed by atoms with Gasteiger partial charge in [0, 0.05) is 29.3 Å². The van der Waals surface area contributed by atoms with E-state index in [4.69, 9.17) is 4.43 Å². The summed E-state index contributed by atoms with van der Waals surface area (Å²) < 4.78 is 51.7. The Hall–Kier alpha value is -3.70. The molecule has 0 fully saturated rings. The monoisotopic (exact) mass is 686 g/mol. The van der Waals surface area contributed by atoms with E-state index in [0.717, 1.165) is 10.4 Å². The second-order valence-corrected chi connectivity index (χ2v) is 19.4. The van der Waals surface area contributed by atoms with Crippen molar-refractivity contribution < 1.29 is 27.6 Å². The Kier molecular flexibility index (Phi) is 10.4. The molecule has 2 heterocycles. The Labute approximate surface area is 289 Å². The average molecular weight is 687 g/mol. The molecule has 2 N–H and O–H groups in total. The molecular weight excluding hydrogens is 640 g/mol. The first-order chi connectivity index (χ1) is 22.9. The van der Waals surface area contributed by atoms with Gasteiger partial charge in [0.05, 0.1) is 11.4 Å². The van der Waals surface area contributed by atoms with E-state index in [2.05, 4.69) is 63.9 Å². The van der Waals surface area contributed by atoms with Crippen LogP contribution in [0.4, 0.5) is 13.2 Å². The molecule has 0 saturated heterocycles. The number of benzene rings is 3. The highest BCUT2D eigenvalue weighted by atomic mass is 28.4. The van der Waals surface area contributed by atoms with Crippen molar-refractivity contribution in [2.24, 2.45) is 5.41 Å². The lowest BCUT2D eigenvalue weighted by atomic mass is 9.78. The predicted molar refractivity (Wildman–Crippen MR) is 196 cm³/mol. The van der Waals surface area contributed by atoms with Crippen molar-refractivity contribution in [3.8, 4) is 11.3 Å². The quantitative estimate of drug-likeness (QED) is 0.144. The van der Waals surface area contributed by atoms with E-state index in [9.17, 15) is 23.2 Å². The zero-order valence-corrected chi connectivity index (χ0v) is 30.3. The maximum atomic E-state index is 14.3. The van der Waals surface area contributed by atoms with E-state index in [1.165, 1.54) is 10.6 Å². The van der Waals surface area contributed by atoms with Gasteiger partial charge in [0.1, 0.15) is 6.54 Å². The molecule has 49 heavy (non-hydrogen) atoms. The highest BCUT2D eigenvalue weighted by Crippen LogP contribution is 2.43. The second kappa shape index (κ2) is 13.9. The van der Waals surface area contributed by atoms with Crippen LogP contribution in [0.5, 0.6) is 0 Å². The first-order valence-electron chi connectivity index (χ1n) is 16.7. The van der Waals surface area contributed by atoms with Crippen molar-refractivity contribution in [3.63, 3.8) is 0 Å². The number of rotatable bonds is 11. The van der Waals surface area contributed by atoms with Crippen LogP contribution in [-0.2, 0) is 17.4 Å². The molecule has 0 aliphatic rings. The largest absolute Gasteiger partial charge is 0.488 e. The fourth-order valence-corrected chi connectivity index (χ4v) is 11.9. The molecule has 258 valence electrons. The molecule has 0 spiro atoms. The van der Waals surface area contributed by atoms with E-state index >= 15 is 0 Å². The average Bonchev–Trinajstić information content (AvgIpc) is 3.31. The number of alkyl halides is 3. The Morgan fingerprint density at radius 1 is 0.837 bits per heavy atom. The molecule has 0 radical (unpaired) electrons. The van der Waals surface area contributed by atoms with Gasteiger partial charge in [0.2, 0.25) is 0 Å². The van der Waals surface area contributed by atoms with E-state index in [1.807, 2.05) is 56.3 Å². The molecular formula is C39H46BF3N2O3Si. The molecule has 0 saturated carbocycles. The summed E-state index contributed by atoms with van der Waals surface area (Å²) in [4.78, 5) is 4.61. The summed E-state index contributed by atoms with van der Waals surface area (Å²) in [5, 5.41) is 22.8. The summed E-state index contributed by atoms with van der Waals surface area (Å²) in [6.07, 6.45) is -2.48. The number of nitrogens with zero attached hydrogens (tertiary/aromatic N) is 2. The standard InChI is InChI=1S/C39H46BF3N2O3Si/c1-27(2)35-31(19-14-22-44-35)36-33(32-23-28(40(46)47)20-21-34(32)45(36)25-39(41,42)43)24-38(6,7)26-48-49(37(3,4)5,29-15-10-8-11-16-29)30-17-12-9-13-18-30/h8-23,27,46-47H,24-26H2,1-7H3. The topological polar surface area (TPSA) is 67.5 Å². The van der Waals surface area contributed by atoms with Crippen LogP contribution < -0.4 is 15.8 Å². The van der Waals surface area contributed by atoms with Crippen LogP contribution in [0.2, 0.25) is 5.04 Å². The molecule has 10 heteroatoms. The van der Waals surface area contributed by atoms with Crippen molar-refractivity contribution in [1.29, 1.82) is 0 Å². The summed E-state index contributed by atoms with van der Waals surface area (Å²) in [6, 6.07) is 28.9. The van der Waals surface area contributed by atoms with Gasteiger partial charge in [-0.2, -0.15) is 13.2 Å². The van der Waals surface area contributed by atoms with Gasteiger partial charge in [-0.05, 0) is 62.4 Å². The third-order valence-corrected chi connectivity index (χ3v) is 14.2. The summed E-state index contributed by atoms with van der Waals surface area (Å²) in [5.74, 6) is -0.0530. The summed E-state index contributed by atoms with van der Waals surface area (Å²) in [6.45, 7) is 13.9. The zero-order chi connectivity index (χ0) is 35.8. The van der Waals surface area contributed by atoms with Crippen LogP contribution in [0.3, 0.4) is 0 Å². The second-order valence-electron chi connectivity index (χ2n) is 15.1. The predicted octanol–water partition coefficient (Wildman–Crippen LogP) is 7.21. The molecule has 0 aliphatic carbocycles. The first kappa shape index (κ1) is 36.6. The van der Waals surface area contributed by atoms with Crippen molar-refractivity contribution in [1.82, 2.24) is 9.55 Å². The van der Waals surface area contributed by atoms with Crippen LogP contribution >= 0.6 is 0 Å². The van der Waals surface area contributed by atoms with Gasteiger partial charge in [-0.1, -0.05) is 121 Å². The first-order valence-corrected chi connectivity index (χ1v) is 18.6. The zero-order valence-electron chi connectivity index (χ0n) is 29.3. The minimum absolute atomic E-state index is 0.0530. The number of aromatic nitrogens is 2. The maximum absolute atomic E-state index is 14.3. The lowest BCUT2D eigenvalue weighted by molar-refractivity contribution is -0.139. The van der Waals surface area contributed by atoms with Crippen molar-refractivity contribution in [2.45, 2.75) is 78.6 Å². The lowest BCUT2D eigenvalue weighted by Gasteiger charge is -2.44. The van der Waals surface area contributed by atoms with E-state index in [-0.39, 0.29) is 16.4 Å². The fourth-order valence-electron chi connectivity index (χ4n) is 7.11. The molecule has 5 nitrogen and oxygen atoms in total. The summed E-state index contributed by atoms with van der Waals surface area (Å²) >= 11 is 0. The lowest BCUT2D eigenvalue weighted by Crippen LogP contribution is -2.67. The highest BCUT2D eigenvalue weighted by molar-refractivity contribution is 6.99. The SMILES string of the molecule is CC(C)c1ncccc1-c1c(CC(C)(C)CO[Si](c2ccccc2)(c2ccccc2)C(C)(C)C)c2cc(B(O)O)ccc2n1CC(F)(F)F. The van der Waals surface area contributed by atoms with Crippen LogP contribution in [0, 0.1) is 5.41 Å². The van der Waals surface area contributed by atoms with Crippen molar-refractivity contribution >= 4 is 42.2 Å². The van der Waals surface area contributed by atoms with Gasteiger partial charge in [0.25, 0.3) is 8.32 Å². The van der Waals surface area contributed by atoms with Gasteiger partial charge in [-0.25, -0.2) is 0 Å². The van der Waals surface area contributed by atoms with Crippen LogP contribution in [-0.4, -0.2) is 47.8 Å². The molecule has 0 unspecified atom stereocenters. The Bertz CT molecular complexity index is 1850. The smallest absolute Gasteiger partial charge is 0.423 e. The number of pyridine rings is 1. The molecule has 0 bridgehead atoms. The number of fused-ring (bicyclic) bond motifs is 1. The Morgan fingerprint density at radius 3 is 1.94 bits per heavy atom. The van der Waals surface area contributed by atoms with Crippen molar-refractivity contribution in [3.05, 3.63) is 108 Å². The molecule has 5 rings (SSSR count). The van der Waals surface area contributed by atoms with Gasteiger partial charge in [-0.3, -0.25) is 4.98 Å². The van der Waals surface area contributed by atoms with Gasteiger partial charge < -0.3 is 19.0 Å². The molecule has 0 atom stereocenters. The van der Waals surface area contributed by atoms with E-state index in [1.54, 1.807) is 24.4 Å². The minimum Gasteiger partial charge on any atom is -0.423 e. The van der Waals surface area contributed by atoms with Crippen LogP contribution in [0.1, 0.15) is 65.6 Å². The normalized spacial score (nSPS) is 13.0. The number of hydrogen-bond donors (Lipinski definition) is 2. The molecule has 5 aromatic rings.